The quantitative estimate of drug-likeness (QED) is 0.831. The number of β-amino-alcohol motifs (C(OH)–C–C–N with tert-alkyl or cyclic N) is 1. The zero-order valence-electron chi connectivity index (χ0n) is 14.0. The molecular weight excluding hydrogens is 345 g/mol. The lowest BCUT2D eigenvalue weighted by Crippen LogP contribution is -2.43. The van der Waals surface area contributed by atoms with Gasteiger partial charge in [-0.2, -0.15) is 0 Å². The van der Waals surface area contributed by atoms with E-state index in [2.05, 4.69) is 26.1 Å². The molecule has 0 aromatic heterocycles. The zero-order chi connectivity index (χ0) is 16.6. The lowest BCUT2D eigenvalue weighted by Gasteiger charge is -2.33. The molecule has 2 atom stereocenters. The molecule has 2 N–H and O–H groups in total. The van der Waals surface area contributed by atoms with Gasteiger partial charge in [0.2, 0.25) is 0 Å². The summed E-state index contributed by atoms with van der Waals surface area (Å²) in [6.45, 7) is 6.69. The van der Waals surface area contributed by atoms with Crippen LogP contribution in [0.3, 0.4) is 0 Å². The molecule has 0 amide bonds. The normalized spacial score (nSPS) is 17.1. The fraction of sp³-hybridized carbons (Fsp3) is 0.368. The number of ether oxygens (including phenoxy) is 1. The van der Waals surface area contributed by atoms with Crippen molar-refractivity contribution >= 4 is 24.0 Å². The largest absolute Gasteiger partial charge is 0.482 e. The van der Waals surface area contributed by atoms with Crippen molar-refractivity contribution < 1.29 is 9.84 Å². The second-order valence-corrected chi connectivity index (χ2v) is 7.40. The number of rotatable bonds is 3. The van der Waals surface area contributed by atoms with Gasteiger partial charge in [0.1, 0.15) is 11.9 Å². The van der Waals surface area contributed by atoms with Crippen LogP contribution in [-0.4, -0.2) is 23.3 Å². The average Bonchev–Trinajstić information content (AvgIpc) is 2.51. The van der Waals surface area contributed by atoms with Gasteiger partial charge in [-0.1, -0.05) is 35.9 Å². The summed E-state index contributed by atoms with van der Waals surface area (Å²) in [6.07, 6.45) is -1.03. The summed E-state index contributed by atoms with van der Waals surface area (Å²) in [6, 6.07) is 13.6. The molecule has 2 unspecified atom stereocenters. The SMILES string of the molecule is CC(C)(C)NCC(O)C1Oc2ccc(Cl)cc2-c2ccccc21.Cl. The highest BCUT2D eigenvalue weighted by Gasteiger charge is 2.31. The van der Waals surface area contributed by atoms with Gasteiger partial charge in [0.05, 0.1) is 0 Å². The molecule has 0 aliphatic carbocycles. The molecule has 3 nitrogen and oxygen atoms in total. The highest BCUT2D eigenvalue weighted by atomic mass is 35.5. The van der Waals surface area contributed by atoms with Crippen molar-refractivity contribution in [2.24, 2.45) is 0 Å². The third kappa shape index (κ3) is 4.04. The topological polar surface area (TPSA) is 41.5 Å². The predicted molar refractivity (Wildman–Crippen MR) is 101 cm³/mol. The van der Waals surface area contributed by atoms with E-state index in [4.69, 9.17) is 16.3 Å². The van der Waals surface area contributed by atoms with Gasteiger partial charge in [-0.15, -0.1) is 12.4 Å². The Labute approximate surface area is 154 Å². The molecule has 0 saturated carbocycles. The maximum Gasteiger partial charge on any atom is 0.151 e. The van der Waals surface area contributed by atoms with Gasteiger partial charge >= 0.3 is 0 Å². The van der Waals surface area contributed by atoms with Crippen LogP contribution in [0.5, 0.6) is 5.75 Å². The van der Waals surface area contributed by atoms with Crippen LogP contribution in [0.15, 0.2) is 42.5 Å². The molecule has 5 heteroatoms. The number of benzene rings is 2. The van der Waals surface area contributed by atoms with Crippen LogP contribution in [0.1, 0.15) is 32.4 Å². The Morgan fingerprint density at radius 2 is 1.88 bits per heavy atom. The molecule has 0 radical (unpaired) electrons. The molecule has 0 bridgehead atoms. The summed E-state index contributed by atoms with van der Waals surface area (Å²) < 4.78 is 6.09. The number of nitrogens with one attached hydrogen (secondary N) is 1. The van der Waals surface area contributed by atoms with Crippen LogP contribution in [-0.2, 0) is 0 Å². The molecule has 3 rings (SSSR count). The molecule has 24 heavy (non-hydrogen) atoms. The summed E-state index contributed by atoms with van der Waals surface area (Å²) in [5.74, 6) is 0.757. The number of aliphatic hydroxyl groups excluding tert-OH is 1. The van der Waals surface area contributed by atoms with Gasteiger partial charge in [0, 0.05) is 28.2 Å². The minimum Gasteiger partial charge on any atom is -0.482 e. The van der Waals surface area contributed by atoms with Crippen molar-refractivity contribution in [1.82, 2.24) is 5.32 Å². The van der Waals surface area contributed by atoms with Crippen molar-refractivity contribution in [3.63, 3.8) is 0 Å². The summed E-state index contributed by atoms with van der Waals surface area (Å²) in [5.41, 5.74) is 2.97. The molecule has 1 aliphatic rings. The smallest absolute Gasteiger partial charge is 0.151 e. The molecule has 2 aromatic rings. The molecule has 2 aromatic carbocycles. The molecule has 0 spiro atoms. The molecule has 0 saturated heterocycles. The van der Waals surface area contributed by atoms with Gasteiger partial charge in [0.25, 0.3) is 0 Å². The fourth-order valence-corrected chi connectivity index (χ4v) is 2.98. The lowest BCUT2D eigenvalue weighted by atomic mass is 9.90. The van der Waals surface area contributed by atoms with Crippen LogP contribution in [0.2, 0.25) is 5.02 Å². The number of halogens is 2. The predicted octanol–water partition coefficient (Wildman–Crippen LogP) is 4.61. The van der Waals surface area contributed by atoms with Crippen molar-refractivity contribution in [2.45, 2.75) is 38.5 Å². The van der Waals surface area contributed by atoms with E-state index in [1.807, 2.05) is 42.5 Å². The Bertz CT molecular complexity index is 713. The molecule has 0 fully saturated rings. The van der Waals surface area contributed by atoms with E-state index in [1.165, 1.54) is 0 Å². The Hall–Kier alpha value is -1.26. The monoisotopic (exact) mass is 367 g/mol. The van der Waals surface area contributed by atoms with Crippen LogP contribution >= 0.6 is 24.0 Å². The Morgan fingerprint density at radius 1 is 1.17 bits per heavy atom. The number of hydrogen-bond donors (Lipinski definition) is 2. The molecule has 130 valence electrons. The number of aliphatic hydroxyl groups is 1. The maximum atomic E-state index is 10.7. The summed E-state index contributed by atoms with van der Waals surface area (Å²) in [7, 11) is 0. The highest BCUT2D eigenvalue weighted by molar-refractivity contribution is 6.31. The van der Waals surface area contributed by atoms with Gasteiger partial charge < -0.3 is 15.2 Å². The van der Waals surface area contributed by atoms with Crippen LogP contribution in [0.25, 0.3) is 11.1 Å². The first-order chi connectivity index (χ1) is 10.8. The van der Waals surface area contributed by atoms with Crippen molar-refractivity contribution in [3.05, 3.63) is 53.1 Å². The van der Waals surface area contributed by atoms with Gasteiger partial charge in [-0.3, -0.25) is 0 Å². The molecule has 1 heterocycles. The van der Waals surface area contributed by atoms with Crippen LogP contribution in [0.4, 0.5) is 0 Å². The lowest BCUT2D eigenvalue weighted by molar-refractivity contribution is 0.0305. The van der Waals surface area contributed by atoms with Gasteiger partial charge in [0.15, 0.2) is 6.10 Å². The highest BCUT2D eigenvalue weighted by Crippen LogP contribution is 2.44. The second-order valence-electron chi connectivity index (χ2n) is 6.96. The van der Waals surface area contributed by atoms with Crippen LogP contribution in [0, 0.1) is 0 Å². The summed E-state index contributed by atoms with van der Waals surface area (Å²) >= 11 is 6.13. The minimum absolute atomic E-state index is 0. The minimum atomic E-state index is -0.640. The first kappa shape index (κ1) is 19.1. The standard InChI is InChI=1S/C19H22ClNO2.ClH/c1-19(2,3)21-11-16(22)18-14-7-5-4-6-13(14)15-10-12(20)8-9-17(15)23-18;/h4-10,16,18,21-22H,11H2,1-3H3;1H. The van der Waals surface area contributed by atoms with Gasteiger partial charge in [-0.05, 0) is 44.5 Å². The Morgan fingerprint density at radius 3 is 2.58 bits per heavy atom. The fourth-order valence-electron chi connectivity index (χ4n) is 2.81. The van der Waals surface area contributed by atoms with E-state index >= 15 is 0 Å². The summed E-state index contributed by atoms with van der Waals surface area (Å²) in [4.78, 5) is 0. The van der Waals surface area contributed by atoms with E-state index in [0.29, 0.717) is 11.6 Å². The summed E-state index contributed by atoms with van der Waals surface area (Å²) in [5, 5.41) is 14.7. The third-order valence-electron chi connectivity index (χ3n) is 3.94. The second kappa shape index (κ2) is 7.32. The third-order valence-corrected chi connectivity index (χ3v) is 4.18. The van der Waals surface area contributed by atoms with Crippen molar-refractivity contribution in [3.8, 4) is 16.9 Å². The average molecular weight is 368 g/mol. The number of fused-ring (bicyclic) bond motifs is 3. The van der Waals surface area contributed by atoms with E-state index < -0.39 is 12.2 Å². The molecular formula is C19H23Cl2NO2. The molecule has 1 aliphatic heterocycles. The number of hydrogen-bond acceptors (Lipinski definition) is 3. The van der Waals surface area contributed by atoms with E-state index in [9.17, 15) is 5.11 Å². The maximum absolute atomic E-state index is 10.7. The van der Waals surface area contributed by atoms with Crippen molar-refractivity contribution in [2.75, 3.05) is 6.54 Å². The van der Waals surface area contributed by atoms with E-state index in [0.717, 1.165) is 22.4 Å². The Kier molecular flexibility index (Phi) is 5.82. The van der Waals surface area contributed by atoms with Crippen molar-refractivity contribution in [1.29, 1.82) is 0 Å². The Balaban J connectivity index is 0.00000208. The van der Waals surface area contributed by atoms with E-state index in [1.54, 1.807) is 0 Å². The first-order valence-corrected chi connectivity index (χ1v) is 8.21. The van der Waals surface area contributed by atoms with E-state index in [-0.39, 0.29) is 17.9 Å². The zero-order valence-corrected chi connectivity index (χ0v) is 15.6. The van der Waals surface area contributed by atoms with Gasteiger partial charge in [-0.25, -0.2) is 0 Å². The first-order valence-electron chi connectivity index (χ1n) is 7.84. The van der Waals surface area contributed by atoms with Crippen LogP contribution < -0.4 is 10.1 Å².